The number of ether oxygens (including phenoxy) is 1. The average molecular weight is 329 g/mol. The van der Waals surface area contributed by atoms with Crippen LogP contribution in [0.4, 0.5) is 0 Å². The zero-order valence-corrected chi connectivity index (χ0v) is 13.7. The first-order valence-corrected chi connectivity index (χ1v) is 8.29. The molecule has 0 bridgehead atoms. The summed E-state index contributed by atoms with van der Waals surface area (Å²) >= 11 is 3.64. The van der Waals surface area contributed by atoms with Crippen LogP contribution in [0.2, 0.25) is 0 Å². The van der Waals surface area contributed by atoms with Crippen LogP contribution < -0.4 is 0 Å². The van der Waals surface area contributed by atoms with Gasteiger partial charge in [-0.25, -0.2) is 0 Å². The van der Waals surface area contributed by atoms with Gasteiger partial charge >= 0.3 is 0 Å². The molecule has 1 fully saturated rings. The molecule has 0 aliphatic heterocycles. The van der Waals surface area contributed by atoms with Crippen molar-refractivity contribution in [2.24, 2.45) is 13.0 Å². The van der Waals surface area contributed by atoms with E-state index in [0.717, 1.165) is 34.8 Å². The van der Waals surface area contributed by atoms with Crippen molar-refractivity contribution in [1.29, 1.82) is 0 Å². The predicted molar refractivity (Wildman–Crippen MR) is 81.1 cm³/mol. The van der Waals surface area contributed by atoms with Crippen LogP contribution in [0.25, 0.3) is 0 Å². The van der Waals surface area contributed by atoms with E-state index in [9.17, 15) is 0 Å². The van der Waals surface area contributed by atoms with E-state index in [1.165, 1.54) is 38.5 Å². The summed E-state index contributed by atoms with van der Waals surface area (Å²) < 4.78 is 9.01. The second kappa shape index (κ2) is 7.44. The van der Waals surface area contributed by atoms with E-state index >= 15 is 0 Å². The molecule has 0 saturated heterocycles. The Labute approximate surface area is 124 Å². The molecule has 108 valence electrons. The molecule has 0 N–H and O–H groups in total. The second-order valence-electron chi connectivity index (χ2n) is 5.56. The maximum atomic E-state index is 5.94. The Morgan fingerprint density at radius 2 is 1.95 bits per heavy atom. The normalized spacial score (nSPS) is 17.6. The number of nitrogens with zero attached hydrogens (tertiary/aromatic N) is 2. The van der Waals surface area contributed by atoms with E-state index in [1.54, 1.807) is 0 Å². The number of hydrogen-bond acceptors (Lipinski definition) is 2. The van der Waals surface area contributed by atoms with Gasteiger partial charge in [0.25, 0.3) is 0 Å². The van der Waals surface area contributed by atoms with Crippen LogP contribution in [-0.4, -0.2) is 16.4 Å². The molecule has 3 nitrogen and oxygen atoms in total. The largest absolute Gasteiger partial charge is 0.375 e. The predicted octanol–water partition coefficient (Wildman–Crippen LogP) is 4.23. The quantitative estimate of drug-likeness (QED) is 0.756. The summed E-state index contributed by atoms with van der Waals surface area (Å²) in [7, 11) is 1.99. The van der Waals surface area contributed by atoms with Gasteiger partial charge in [0.15, 0.2) is 0 Å². The summed E-state index contributed by atoms with van der Waals surface area (Å²) in [5, 5.41) is 4.50. The summed E-state index contributed by atoms with van der Waals surface area (Å²) in [6.45, 7) is 3.70. The summed E-state index contributed by atoms with van der Waals surface area (Å²) in [5.74, 6) is 0.764. The summed E-state index contributed by atoms with van der Waals surface area (Å²) in [5.41, 5.74) is 2.28. The Balaban J connectivity index is 1.83. The zero-order valence-electron chi connectivity index (χ0n) is 12.1. The number of aromatic nitrogens is 2. The highest BCUT2D eigenvalue weighted by Gasteiger charge is 2.15. The Kier molecular flexibility index (Phi) is 5.89. The fourth-order valence-corrected chi connectivity index (χ4v) is 3.56. The van der Waals surface area contributed by atoms with Crippen molar-refractivity contribution in [2.45, 2.75) is 58.5 Å². The lowest BCUT2D eigenvalue weighted by Gasteiger charge is -2.14. The molecule has 4 heteroatoms. The molecular formula is C15H25BrN2O. The molecule has 0 atom stereocenters. The minimum absolute atomic E-state index is 0.667. The number of halogens is 1. The summed E-state index contributed by atoms with van der Waals surface area (Å²) in [6, 6.07) is 0. The molecule has 19 heavy (non-hydrogen) atoms. The van der Waals surface area contributed by atoms with Crippen LogP contribution in [-0.2, 0) is 24.8 Å². The zero-order chi connectivity index (χ0) is 13.7. The Bertz CT molecular complexity index is 395. The van der Waals surface area contributed by atoms with Crippen molar-refractivity contribution in [3.05, 3.63) is 15.9 Å². The van der Waals surface area contributed by atoms with Gasteiger partial charge in [-0.1, -0.05) is 32.6 Å². The lowest BCUT2D eigenvalue weighted by molar-refractivity contribution is 0.0776. The first-order chi connectivity index (χ1) is 9.22. The molecular weight excluding hydrogens is 304 g/mol. The van der Waals surface area contributed by atoms with Gasteiger partial charge in [-0.15, -0.1) is 0 Å². The molecule has 0 radical (unpaired) electrons. The second-order valence-corrected chi connectivity index (χ2v) is 6.35. The Morgan fingerprint density at radius 1 is 1.26 bits per heavy atom. The highest BCUT2D eigenvalue weighted by atomic mass is 79.9. The van der Waals surface area contributed by atoms with Gasteiger partial charge in [-0.05, 0) is 41.1 Å². The van der Waals surface area contributed by atoms with Gasteiger partial charge in [0, 0.05) is 13.7 Å². The van der Waals surface area contributed by atoms with E-state index in [1.807, 2.05) is 11.7 Å². The van der Waals surface area contributed by atoms with E-state index in [0.29, 0.717) is 6.61 Å². The molecule has 1 aromatic heterocycles. The van der Waals surface area contributed by atoms with Crippen LogP contribution in [0.15, 0.2) is 4.47 Å². The first-order valence-electron chi connectivity index (χ1n) is 7.50. The summed E-state index contributed by atoms with van der Waals surface area (Å²) in [6.07, 6.45) is 9.21. The lowest BCUT2D eigenvalue weighted by atomic mass is 10.0. The molecule has 1 aliphatic rings. The maximum Gasteiger partial charge on any atom is 0.0896 e. The van der Waals surface area contributed by atoms with Crippen molar-refractivity contribution in [2.75, 3.05) is 6.61 Å². The van der Waals surface area contributed by atoms with Crippen molar-refractivity contribution < 1.29 is 4.74 Å². The van der Waals surface area contributed by atoms with Gasteiger partial charge in [0.2, 0.25) is 0 Å². The van der Waals surface area contributed by atoms with Crippen LogP contribution in [0.1, 0.15) is 56.8 Å². The molecule has 0 amide bonds. The lowest BCUT2D eigenvalue weighted by Crippen LogP contribution is -2.10. The van der Waals surface area contributed by atoms with Gasteiger partial charge in [-0.3, -0.25) is 4.68 Å². The maximum absolute atomic E-state index is 5.94. The number of rotatable bonds is 5. The van der Waals surface area contributed by atoms with Crippen LogP contribution >= 0.6 is 15.9 Å². The van der Waals surface area contributed by atoms with Gasteiger partial charge in [0.05, 0.1) is 22.5 Å². The Morgan fingerprint density at radius 3 is 2.53 bits per heavy atom. The fourth-order valence-electron chi connectivity index (χ4n) is 2.83. The van der Waals surface area contributed by atoms with Gasteiger partial charge in [-0.2, -0.15) is 5.10 Å². The van der Waals surface area contributed by atoms with Gasteiger partial charge < -0.3 is 4.74 Å². The molecule has 0 spiro atoms. The van der Waals surface area contributed by atoms with E-state index in [2.05, 4.69) is 28.0 Å². The van der Waals surface area contributed by atoms with Crippen LogP contribution in [0, 0.1) is 5.92 Å². The molecule has 0 unspecified atom stereocenters. The molecule has 0 aromatic carbocycles. The molecule has 1 heterocycles. The minimum atomic E-state index is 0.667. The third-order valence-electron chi connectivity index (χ3n) is 4.07. The molecule has 1 aromatic rings. The SMILES string of the molecule is CCc1nn(C)c(COCC2CCCCCC2)c1Br. The minimum Gasteiger partial charge on any atom is -0.375 e. The highest BCUT2D eigenvalue weighted by molar-refractivity contribution is 9.10. The van der Waals surface area contributed by atoms with Crippen molar-refractivity contribution in [3.8, 4) is 0 Å². The molecule has 1 aliphatic carbocycles. The monoisotopic (exact) mass is 328 g/mol. The first kappa shape index (κ1) is 15.0. The van der Waals surface area contributed by atoms with E-state index in [4.69, 9.17) is 4.74 Å². The molecule has 1 saturated carbocycles. The van der Waals surface area contributed by atoms with Crippen molar-refractivity contribution in [1.82, 2.24) is 9.78 Å². The highest BCUT2D eigenvalue weighted by Crippen LogP contribution is 2.25. The topological polar surface area (TPSA) is 27.1 Å². The third-order valence-corrected chi connectivity index (χ3v) is 4.99. The van der Waals surface area contributed by atoms with Crippen molar-refractivity contribution >= 4 is 15.9 Å². The smallest absolute Gasteiger partial charge is 0.0896 e. The standard InChI is InChI=1S/C15H25BrN2O/c1-3-13-15(16)14(18(2)17-13)11-19-10-12-8-6-4-5-7-9-12/h12H,3-11H2,1-2H3. The van der Waals surface area contributed by atoms with Crippen molar-refractivity contribution in [3.63, 3.8) is 0 Å². The Hall–Kier alpha value is -0.350. The molecule has 2 rings (SSSR count). The third kappa shape index (κ3) is 4.06. The van der Waals surface area contributed by atoms with Crippen LogP contribution in [0.5, 0.6) is 0 Å². The summed E-state index contributed by atoms with van der Waals surface area (Å²) in [4.78, 5) is 0. The number of hydrogen-bond donors (Lipinski definition) is 0. The van der Waals surface area contributed by atoms with Crippen LogP contribution in [0.3, 0.4) is 0 Å². The number of aryl methyl sites for hydroxylation is 2. The van der Waals surface area contributed by atoms with Gasteiger partial charge in [0.1, 0.15) is 0 Å². The fraction of sp³-hybridized carbons (Fsp3) is 0.800. The van der Waals surface area contributed by atoms with E-state index < -0.39 is 0 Å². The average Bonchev–Trinajstić information content (AvgIpc) is 2.62. The van der Waals surface area contributed by atoms with E-state index in [-0.39, 0.29) is 0 Å².